The molecule has 0 aromatic rings. The van der Waals surface area contributed by atoms with E-state index in [-0.39, 0.29) is 5.91 Å². The number of rotatable bonds is 0. The lowest BCUT2D eigenvalue weighted by atomic mass is 10.0. The van der Waals surface area contributed by atoms with Crippen molar-refractivity contribution in [3.8, 4) is 0 Å². The highest BCUT2D eigenvalue weighted by molar-refractivity contribution is 5.73. The van der Waals surface area contributed by atoms with Crippen LogP contribution in [0.2, 0.25) is 0 Å². The lowest BCUT2D eigenvalue weighted by Crippen LogP contribution is -2.38. The highest BCUT2D eigenvalue weighted by Gasteiger charge is 2.18. The summed E-state index contributed by atoms with van der Waals surface area (Å²) >= 11 is 0. The summed E-state index contributed by atoms with van der Waals surface area (Å²) in [4.78, 5) is 20.0. The van der Waals surface area contributed by atoms with E-state index >= 15 is 0 Å². The van der Waals surface area contributed by atoms with Gasteiger partial charge in [-0.2, -0.15) is 0 Å². The van der Waals surface area contributed by atoms with Crippen molar-refractivity contribution >= 4 is 5.91 Å². The molecule has 2 saturated heterocycles. The van der Waals surface area contributed by atoms with E-state index in [4.69, 9.17) is 9.47 Å². The Kier molecular flexibility index (Phi) is 19.4. The Balaban J connectivity index is 2.06. The van der Waals surface area contributed by atoms with Gasteiger partial charge in [-0.15, -0.1) is 0 Å². The summed E-state index contributed by atoms with van der Waals surface area (Å²) in [6, 6.07) is 0. The summed E-state index contributed by atoms with van der Waals surface area (Å²) in [5.41, 5.74) is 0. The number of ether oxygens (including phenoxy) is 2. The molecular formula is C32H63N3O3. The van der Waals surface area contributed by atoms with E-state index < -0.39 is 0 Å². The first kappa shape index (κ1) is 33.5. The Labute approximate surface area is 236 Å². The van der Waals surface area contributed by atoms with E-state index in [1.54, 1.807) is 6.92 Å². The molecule has 2 fully saturated rings. The van der Waals surface area contributed by atoms with Gasteiger partial charge in [0.1, 0.15) is 0 Å². The summed E-state index contributed by atoms with van der Waals surface area (Å²) in [6.45, 7) is 18.6. The Hall–Kier alpha value is -0.690. The van der Waals surface area contributed by atoms with Crippen LogP contribution in [0.5, 0.6) is 0 Å². The van der Waals surface area contributed by atoms with Crippen LogP contribution in [-0.4, -0.2) is 99.4 Å². The molecule has 4 unspecified atom stereocenters. The van der Waals surface area contributed by atoms with Crippen LogP contribution in [0.4, 0.5) is 0 Å². The van der Waals surface area contributed by atoms with Gasteiger partial charge in [-0.05, 0) is 89.4 Å². The molecule has 2 rings (SSSR count). The van der Waals surface area contributed by atoms with Crippen molar-refractivity contribution in [2.75, 3.05) is 78.8 Å². The third kappa shape index (κ3) is 17.1. The molecule has 0 N–H and O–H groups in total. The largest absolute Gasteiger partial charge is 0.381 e. The minimum absolute atomic E-state index is 0.232. The fourth-order valence-electron chi connectivity index (χ4n) is 5.87. The van der Waals surface area contributed by atoms with E-state index in [9.17, 15) is 4.79 Å². The maximum Gasteiger partial charge on any atom is 0.219 e. The fourth-order valence-corrected chi connectivity index (χ4v) is 5.87. The maximum absolute atomic E-state index is 12.5. The SMILES string of the molecule is CC(=O)N1CC(C)CCN2CCCCCCCCCCN(CCCOCCCCOCCC2)CCC(C)C1. The van der Waals surface area contributed by atoms with Crippen LogP contribution in [0.25, 0.3) is 0 Å². The van der Waals surface area contributed by atoms with Crippen molar-refractivity contribution in [2.45, 2.75) is 111 Å². The zero-order valence-corrected chi connectivity index (χ0v) is 25.6. The summed E-state index contributed by atoms with van der Waals surface area (Å²) < 4.78 is 11.9. The van der Waals surface area contributed by atoms with Crippen LogP contribution in [0.1, 0.15) is 111 Å². The van der Waals surface area contributed by atoms with E-state index in [2.05, 4.69) is 28.5 Å². The molecule has 0 saturated carbocycles. The van der Waals surface area contributed by atoms with Gasteiger partial charge >= 0.3 is 0 Å². The van der Waals surface area contributed by atoms with Crippen LogP contribution >= 0.6 is 0 Å². The van der Waals surface area contributed by atoms with Crippen LogP contribution in [0, 0.1) is 11.8 Å². The summed E-state index contributed by atoms with van der Waals surface area (Å²) in [5.74, 6) is 1.28. The van der Waals surface area contributed by atoms with Gasteiger partial charge in [0, 0.05) is 59.5 Å². The number of hydrogen-bond donors (Lipinski definition) is 0. The van der Waals surface area contributed by atoms with Gasteiger partial charge in [0.25, 0.3) is 0 Å². The van der Waals surface area contributed by atoms with Gasteiger partial charge in [0.05, 0.1) is 0 Å². The standard InChI is InChI=1S/C32H63N3O3/c1-30-16-22-33-18-10-8-6-4-5-7-9-11-19-34(23-17-31(2)29-35(28-30)32(3)36)21-15-27-38-25-13-12-24-37-26-14-20-33/h30-31H,4-29H2,1-3H3. The van der Waals surface area contributed by atoms with E-state index in [0.717, 1.165) is 104 Å². The molecule has 0 aliphatic carbocycles. The number of nitrogens with zero attached hydrogens (tertiary/aromatic N) is 3. The number of hydrogen-bond acceptors (Lipinski definition) is 5. The lowest BCUT2D eigenvalue weighted by molar-refractivity contribution is -0.130. The molecule has 2 aliphatic rings. The molecule has 38 heavy (non-hydrogen) atoms. The smallest absolute Gasteiger partial charge is 0.219 e. The Morgan fingerprint density at radius 2 is 0.895 bits per heavy atom. The third-order valence-corrected chi connectivity index (χ3v) is 8.44. The maximum atomic E-state index is 12.5. The van der Waals surface area contributed by atoms with Gasteiger partial charge in [0.15, 0.2) is 0 Å². The van der Waals surface area contributed by atoms with Gasteiger partial charge in [-0.25, -0.2) is 0 Å². The zero-order valence-electron chi connectivity index (χ0n) is 25.6. The Morgan fingerprint density at radius 3 is 1.32 bits per heavy atom. The second-order valence-electron chi connectivity index (χ2n) is 12.4. The van der Waals surface area contributed by atoms with E-state index in [1.807, 2.05) is 0 Å². The molecule has 2 aliphatic heterocycles. The average molecular weight is 538 g/mol. The quantitative estimate of drug-likeness (QED) is 0.366. The number of fused-ring (bicyclic) bond motifs is 10. The van der Waals surface area contributed by atoms with Gasteiger partial charge < -0.3 is 24.2 Å². The van der Waals surface area contributed by atoms with E-state index in [0.29, 0.717) is 11.8 Å². The van der Waals surface area contributed by atoms with Crippen molar-refractivity contribution < 1.29 is 14.3 Å². The highest BCUT2D eigenvalue weighted by atomic mass is 16.5. The van der Waals surface area contributed by atoms with Gasteiger partial charge in [-0.1, -0.05) is 52.4 Å². The molecule has 6 nitrogen and oxygen atoms in total. The zero-order chi connectivity index (χ0) is 27.3. The molecule has 2 bridgehead atoms. The van der Waals surface area contributed by atoms with Crippen molar-refractivity contribution in [1.82, 2.24) is 14.7 Å². The summed E-state index contributed by atoms with van der Waals surface area (Å²) in [6.07, 6.45) is 17.6. The number of carbonyl (C=O) groups is 1. The van der Waals surface area contributed by atoms with Crippen molar-refractivity contribution in [1.29, 1.82) is 0 Å². The molecule has 0 spiro atoms. The highest BCUT2D eigenvalue weighted by Crippen LogP contribution is 2.15. The second kappa shape index (κ2) is 22.1. The minimum atomic E-state index is 0.232. The Bertz CT molecular complexity index is 534. The number of carbonyl (C=O) groups excluding carboxylic acids is 1. The molecule has 224 valence electrons. The van der Waals surface area contributed by atoms with Crippen LogP contribution < -0.4 is 0 Å². The molecule has 0 aromatic carbocycles. The van der Waals surface area contributed by atoms with Gasteiger partial charge in [0.2, 0.25) is 5.91 Å². The van der Waals surface area contributed by atoms with E-state index in [1.165, 1.54) is 64.5 Å². The molecule has 6 heteroatoms. The first-order valence-electron chi connectivity index (χ1n) is 16.4. The summed E-state index contributed by atoms with van der Waals surface area (Å²) in [5, 5.41) is 0. The summed E-state index contributed by atoms with van der Waals surface area (Å²) in [7, 11) is 0. The molecule has 1 amide bonds. The Morgan fingerprint density at radius 1 is 0.526 bits per heavy atom. The molecule has 2 heterocycles. The monoisotopic (exact) mass is 537 g/mol. The van der Waals surface area contributed by atoms with Crippen molar-refractivity contribution in [3.63, 3.8) is 0 Å². The second-order valence-corrected chi connectivity index (χ2v) is 12.4. The number of amides is 1. The molecule has 4 atom stereocenters. The first-order chi connectivity index (χ1) is 18.5. The molecular weight excluding hydrogens is 474 g/mol. The fraction of sp³-hybridized carbons (Fsp3) is 0.969. The minimum Gasteiger partial charge on any atom is -0.381 e. The van der Waals surface area contributed by atoms with Crippen LogP contribution in [-0.2, 0) is 14.3 Å². The lowest BCUT2D eigenvalue weighted by Gasteiger charge is -2.30. The predicted octanol–water partition coefficient (Wildman–Crippen LogP) is 6.23. The molecule has 0 radical (unpaired) electrons. The van der Waals surface area contributed by atoms with Crippen LogP contribution in [0.15, 0.2) is 0 Å². The topological polar surface area (TPSA) is 45.3 Å². The van der Waals surface area contributed by atoms with Crippen molar-refractivity contribution in [2.24, 2.45) is 11.8 Å². The predicted molar refractivity (Wildman–Crippen MR) is 160 cm³/mol. The van der Waals surface area contributed by atoms with Crippen LogP contribution in [0.3, 0.4) is 0 Å². The first-order valence-corrected chi connectivity index (χ1v) is 16.4. The van der Waals surface area contributed by atoms with Crippen molar-refractivity contribution in [3.05, 3.63) is 0 Å². The normalized spacial score (nSPS) is 30.8. The third-order valence-electron chi connectivity index (χ3n) is 8.44. The molecule has 0 aromatic heterocycles. The average Bonchev–Trinajstić information content (AvgIpc) is 2.89. The van der Waals surface area contributed by atoms with Gasteiger partial charge in [-0.3, -0.25) is 4.79 Å².